The summed E-state index contributed by atoms with van der Waals surface area (Å²) < 4.78 is 1.10. The zero-order chi connectivity index (χ0) is 12.3. The topological polar surface area (TPSA) is 24.9 Å². The van der Waals surface area contributed by atoms with Crippen LogP contribution in [0.15, 0.2) is 28.1 Å². The standard InChI is InChI=1S/C13H15BrN2S/c1-3-13-16-12(8-17-13)7-15-11-5-9(2)4-10(14)6-11/h4-6,8,15H,3,7H2,1-2H3. The Bertz CT molecular complexity index is 488. The summed E-state index contributed by atoms with van der Waals surface area (Å²) in [7, 11) is 0. The third kappa shape index (κ3) is 3.54. The Hall–Kier alpha value is -0.870. The van der Waals surface area contributed by atoms with Gasteiger partial charge in [-0.25, -0.2) is 4.98 Å². The molecule has 17 heavy (non-hydrogen) atoms. The second kappa shape index (κ2) is 5.65. The summed E-state index contributed by atoms with van der Waals surface area (Å²) in [6.45, 7) is 5.01. The Balaban J connectivity index is 2.01. The molecule has 0 unspecified atom stereocenters. The number of aryl methyl sites for hydroxylation is 2. The van der Waals surface area contributed by atoms with E-state index in [1.807, 2.05) is 0 Å². The lowest BCUT2D eigenvalue weighted by Crippen LogP contribution is -2.00. The average Bonchev–Trinajstić information content (AvgIpc) is 2.73. The van der Waals surface area contributed by atoms with Gasteiger partial charge >= 0.3 is 0 Å². The lowest BCUT2D eigenvalue weighted by molar-refractivity contribution is 1.01. The monoisotopic (exact) mass is 310 g/mol. The van der Waals surface area contributed by atoms with E-state index in [1.54, 1.807) is 11.3 Å². The van der Waals surface area contributed by atoms with Gasteiger partial charge in [0.1, 0.15) is 0 Å². The summed E-state index contributed by atoms with van der Waals surface area (Å²) in [5, 5.41) is 6.72. The van der Waals surface area contributed by atoms with Gasteiger partial charge < -0.3 is 5.32 Å². The lowest BCUT2D eigenvalue weighted by Gasteiger charge is -2.06. The maximum atomic E-state index is 4.53. The fourth-order valence-electron chi connectivity index (χ4n) is 1.62. The van der Waals surface area contributed by atoms with Crippen molar-refractivity contribution in [2.75, 3.05) is 5.32 Å². The number of nitrogens with zero attached hydrogens (tertiary/aromatic N) is 1. The van der Waals surface area contributed by atoms with Crippen molar-refractivity contribution in [1.82, 2.24) is 4.98 Å². The Kier molecular flexibility index (Phi) is 4.18. The third-order valence-electron chi connectivity index (χ3n) is 2.42. The van der Waals surface area contributed by atoms with Crippen molar-refractivity contribution in [3.05, 3.63) is 44.3 Å². The molecular formula is C13H15BrN2S. The summed E-state index contributed by atoms with van der Waals surface area (Å²) in [5.74, 6) is 0. The van der Waals surface area contributed by atoms with Crippen LogP contribution in [0.2, 0.25) is 0 Å². The molecule has 90 valence electrons. The van der Waals surface area contributed by atoms with Crippen molar-refractivity contribution in [3.8, 4) is 0 Å². The van der Waals surface area contributed by atoms with E-state index in [9.17, 15) is 0 Å². The molecule has 0 amide bonds. The maximum absolute atomic E-state index is 4.53. The number of hydrogen-bond donors (Lipinski definition) is 1. The van der Waals surface area contributed by atoms with Crippen LogP contribution in [0.1, 0.15) is 23.2 Å². The van der Waals surface area contributed by atoms with Crippen molar-refractivity contribution in [3.63, 3.8) is 0 Å². The minimum absolute atomic E-state index is 0.784. The predicted octanol–water partition coefficient (Wildman–Crippen LogP) is 4.39. The minimum atomic E-state index is 0.784. The van der Waals surface area contributed by atoms with Crippen LogP contribution in [0.5, 0.6) is 0 Å². The van der Waals surface area contributed by atoms with Gasteiger partial charge in [-0.2, -0.15) is 0 Å². The average molecular weight is 311 g/mol. The van der Waals surface area contributed by atoms with Crippen molar-refractivity contribution in [1.29, 1.82) is 0 Å². The molecule has 0 saturated carbocycles. The highest BCUT2D eigenvalue weighted by molar-refractivity contribution is 9.10. The fourth-order valence-corrected chi connectivity index (χ4v) is 2.98. The molecule has 0 aliphatic carbocycles. The zero-order valence-electron chi connectivity index (χ0n) is 9.96. The summed E-state index contributed by atoms with van der Waals surface area (Å²) in [6, 6.07) is 6.32. The van der Waals surface area contributed by atoms with Crippen LogP contribution in [0.25, 0.3) is 0 Å². The van der Waals surface area contributed by atoms with E-state index in [-0.39, 0.29) is 0 Å². The second-order valence-corrected chi connectivity index (χ2v) is 5.82. The first kappa shape index (κ1) is 12.6. The van der Waals surface area contributed by atoms with Gasteiger partial charge in [0.15, 0.2) is 0 Å². The van der Waals surface area contributed by atoms with E-state index < -0.39 is 0 Å². The highest BCUT2D eigenvalue weighted by atomic mass is 79.9. The van der Waals surface area contributed by atoms with Gasteiger partial charge in [-0.1, -0.05) is 22.9 Å². The molecule has 0 bridgehead atoms. The third-order valence-corrected chi connectivity index (χ3v) is 3.92. The Morgan fingerprint density at radius 2 is 2.18 bits per heavy atom. The fraction of sp³-hybridized carbons (Fsp3) is 0.308. The number of rotatable bonds is 4. The molecular weight excluding hydrogens is 296 g/mol. The van der Waals surface area contributed by atoms with Crippen LogP contribution in [-0.4, -0.2) is 4.98 Å². The minimum Gasteiger partial charge on any atom is -0.379 e. The zero-order valence-corrected chi connectivity index (χ0v) is 12.4. The van der Waals surface area contributed by atoms with Gasteiger partial charge in [0.05, 0.1) is 17.2 Å². The molecule has 2 aromatic rings. The number of halogens is 1. The molecule has 0 spiro atoms. The summed E-state index contributed by atoms with van der Waals surface area (Å²) >= 11 is 5.23. The number of benzene rings is 1. The molecule has 0 aliphatic rings. The molecule has 1 N–H and O–H groups in total. The Morgan fingerprint density at radius 3 is 2.82 bits per heavy atom. The predicted molar refractivity (Wildman–Crippen MR) is 77.7 cm³/mol. The normalized spacial score (nSPS) is 10.5. The molecule has 1 aromatic carbocycles. The molecule has 0 radical (unpaired) electrons. The lowest BCUT2D eigenvalue weighted by atomic mass is 10.2. The summed E-state index contributed by atoms with van der Waals surface area (Å²) in [4.78, 5) is 4.53. The quantitative estimate of drug-likeness (QED) is 0.906. The molecule has 0 fully saturated rings. The van der Waals surface area contributed by atoms with Gasteiger partial charge in [-0.15, -0.1) is 11.3 Å². The molecule has 2 nitrogen and oxygen atoms in total. The van der Waals surface area contributed by atoms with Crippen molar-refractivity contribution in [2.45, 2.75) is 26.8 Å². The highest BCUT2D eigenvalue weighted by Gasteiger charge is 2.01. The van der Waals surface area contributed by atoms with E-state index in [1.165, 1.54) is 10.6 Å². The van der Waals surface area contributed by atoms with Crippen molar-refractivity contribution >= 4 is 33.0 Å². The highest BCUT2D eigenvalue weighted by Crippen LogP contribution is 2.20. The van der Waals surface area contributed by atoms with Gasteiger partial charge in [-0.3, -0.25) is 0 Å². The number of hydrogen-bond acceptors (Lipinski definition) is 3. The number of nitrogens with one attached hydrogen (secondary N) is 1. The Morgan fingerprint density at radius 1 is 1.35 bits per heavy atom. The van der Waals surface area contributed by atoms with Gasteiger partial charge in [0.25, 0.3) is 0 Å². The van der Waals surface area contributed by atoms with E-state index >= 15 is 0 Å². The molecule has 0 saturated heterocycles. The van der Waals surface area contributed by atoms with Gasteiger partial charge in [-0.05, 0) is 37.1 Å². The van der Waals surface area contributed by atoms with Crippen LogP contribution >= 0.6 is 27.3 Å². The molecule has 1 aromatic heterocycles. The maximum Gasteiger partial charge on any atom is 0.0926 e. The van der Waals surface area contributed by atoms with Crippen LogP contribution in [0.3, 0.4) is 0 Å². The van der Waals surface area contributed by atoms with Gasteiger partial charge in [0.2, 0.25) is 0 Å². The van der Waals surface area contributed by atoms with Gasteiger partial charge in [0, 0.05) is 15.5 Å². The van der Waals surface area contributed by atoms with E-state index in [0.29, 0.717) is 0 Å². The van der Waals surface area contributed by atoms with Crippen LogP contribution in [0, 0.1) is 6.92 Å². The van der Waals surface area contributed by atoms with Crippen LogP contribution in [0.4, 0.5) is 5.69 Å². The van der Waals surface area contributed by atoms with E-state index in [4.69, 9.17) is 0 Å². The van der Waals surface area contributed by atoms with E-state index in [2.05, 4.69) is 63.7 Å². The smallest absolute Gasteiger partial charge is 0.0926 e. The SMILES string of the molecule is CCc1nc(CNc2cc(C)cc(Br)c2)cs1. The van der Waals surface area contributed by atoms with Crippen LogP contribution < -0.4 is 5.32 Å². The summed E-state index contributed by atoms with van der Waals surface area (Å²) in [5.41, 5.74) is 3.49. The first-order valence-electron chi connectivity index (χ1n) is 5.61. The Labute approximate surface area is 114 Å². The number of thiazole rings is 1. The van der Waals surface area contributed by atoms with Crippen molar-refractivity contribution in [2.24, 2.45) is 0 Å². The first-order valence-corrected chi connectivity index (χ1v) is 7.29. The summed E-state index contributed by atoms with van der Waals surface area (Å²) in [6.07, 6.45) is 1.01. The first-order chi connectivity index (χ1) is 8.17. The number of aromatic nitrogens is 1. The van der Waals surface area contributed by atoms with Crippen LogP contribution in [-0.2, 0) is 13.0 Å². The molecule has 0 aliphatic heterocycles. The van der Waals surface area contributed by atoms with Crippen molar-refractivity contribution < 1.29 is 0 Å². The number of anilines is 1. The molecule has 4 heteroatoms. The molecule has 0 atom stereocenters. The van der Waals surface area contributed by atoms with E-state index in [0.717, 1.165) is 28.8 Å². The second-order valence-electron chi connectivity index (χ2n) is 3.96. The largest absolute Gasteiger partial charge is 0.379 e. The molecule has 2 rings (SSSR count). The molecule has 1 heterocycles.